The SMILES string of the molecule is C=Cc1sc2c(c1/C=C\C)-c1cc(-c3cccc(/C(=C/C(C)(c4ccccc4)c4cccc5ccccc45)N=C)c3)ccc1C21c2ccccc2-c2ccccc21. The Labute approximate surface area is 339 Å². The van der Waals surface area contributed by atoms with Crippen LogP contribution in [0, 0.1) is 0 Å². The number of benzene rings is 7. The first-order chi connectivity index (χ1) is 28.0. The van der Waals surface area contributed by atoms with E-state index in [0.717, 1.165) is 16.8 Å². The van der Waals surface area contributed by atoms with Gasteiger partial charge in [-0.05, 0) is 105 Å². The zero-order valence-corrected chi connectivity index (χ0v) is 33.0. The van der Waals surface area contributed by atoms with Gasteiger partial charge in [-0.15, -0.1) is 11.3 Å². The fourth-order valence-corrected chi connectivity index (χ4v) is 11.1. The average molecular weight is 748 g/mol. The monoisotopic (exact) mass is 747 g/mol. The highest BCUT2D eigenvalue weighted by molar-refractivity contribution is 7.14. The molecular formula is C55H41NS. The molecule has 272 valence electrons. The summed E-state index contributed by atoms with van der Waals surface area (Å²) in [6.07, 6.45) is 8.75. The van der Waals surface area contributed by atoms with Gasteiger partial charge in [0.2, 0.25) is 0 Å². The summed E-state index contributed by atoms with van der Waals surface area (Å²) in [6, 6.07) is 59.9. The second-order valence-electron chi connectivity index (χ2n) is 15.3. The highest BCUT2D eigenvalue weighted by atomic mass is 32.1. The lowest BCUT2D eigenvalue weighted by atomic mass is 9.73. The van der Waals surface area contributed by atoms with Crippen LogP contribution < -0.4 is 0 Å². The zero-order valence-electron chi connectivity index (χ0n) is 32.2. The molecule has 2 aliphatic carbocycles. The first-order valence-corrected chi connectivity index (χ1v) is 20.4. The minimum absolute atomic E-state index is 0.396. The van der Waals surface area contributed by atoms with Crippen molar-refractivity contribution in [3.63, 3.8) is 0 Å². The van der Waals surface area contributed by atoms with Gasteiger partial charge in [0, 0.05) is 31.9 Å². The van der Waals surface area contributed by atoms with Gasteiger partial charge in [-0.3, -0.25) is 4.99 Å². The molecule has 0 saturated carbocycles. The molecule has 2 heteroatoms. The molecule has 57 heavy (non-hydrogen) atoms. The lowest BCUT2D eigenvalue weighted by molar-refractivity contribution is 0.732. The number of hydrogen-bond acceptors (Lipinski definition) is 2. The van der Waals surface area contributed by atoms with E-state index in [1.54, 1.807) is 0 Å². The normalized spacial score (nSPS) is 14.6. The minimum Gasteiger partial charge on any atom is -0.264 e. The number of aliphatic imine (C=N–C) groups is 1. The molecule has 0 bridgehead atoms. The maximum Gasteiger partial charge on any atom is 0.0819 e. The van der Waals surface area contributed by atoms with Gasteiger partial charge in [0.05, 0.1) is 11.1 Å². The Bertz CT molecular complexity index is 2920. The third kappa shape index (κ3) is 5.11. The molecule has 0 radical (unpaired) electrons. The molecule has 0 N–H and O–H groups in total. The standard InChI is InChI=1S/C55H41NS/c1-5-18-44-51(6-2)57-53-52(44)45-34-38(31-32-49(45)55(53)47-28-14-12-26-42(47)43-27-13-15-29-48(43)55)37-21-16-22-39(33-37)50(56-4)35-54(3,40-23-8-7-9-24-40)46-30-17-20-36-19-10-11-25-41(36)46/h5-35H,2,4H2,1,3H3/b18-5-,50-35-. The van der Waals surface area contributed by atoms with E-state index in [0.29, 0.717) is 0 Å². The van der Waals surface area contributed by atoms with Crippen molar-refractivity contribution in [2.75, 3.05) is 0 Å². The van der Waals surface area contributed by atoms with Crippen LogP contribution in [0.3, 0.4) is 0 Å². The summed E-state index contributed by atoms with van der Waals surface area (Å²) in [5, 5.41) is 2.45. The molecule has 1 atom stereocenters. The van der Waals surface area contributed by atoms with E-state index in [1.165, 1.54) is 81.7 Å². The Hall–Kier alpha value is -6.61. The summed E-state index contributed by atoms with van der Waals surface area (Å²) in [6.45, 7) is 12.8. The van der Waals surface area contributed by atoms with Crippen LogP contribution in [0.5, 0.6) is 0 Å². The van der Waals surface area contributed by atoms with Crippen molar-refractivity contribution in [2.24, 2.45) is 4.99 Å². The Kier molecular flexibility index (Phi) is 8.28. The number of allylic oxidation sites excluding steroid dienone is 2. The fourth-order valence-electron chi connectivity index (χ4n) is 9.76. The van der Waals surface area contributed by atoms with Crippen molar-refractivity contribution in [1.29, 1.82) is 0 Å². The lowest BCUT2D eigenvalue weighted by Crippen LogP contribution is -2.24. The van der Waals surface area contributed by atoms with Gasteiger partial charge in [0.25, 0.3) is 0 Å². The van der Waals surface area contributed by atoms with Crippen LogP contribution >= 0.6 is 11.3 Å². The van der Waals surface area contributed by atoms with Gasteiger partial charge in [0.1, 0.15) is 0 Å². The van der Waals surface area contributed by atoms with Crippen molar-refractivity contribution in [2.45, 2.75) is 24.7 Å². The molecule has 1 spiro atoms. The van der Waals surface area contributed by atoms with Crippen molar-refractivity contribution < 1.29 is 0 Å². The molecule has 0 aliphatic heterocycles. The Morgan fingerprint density at radius 1 is 0.667 bits per heavy atom. The largest absolute Gasteiger partial charge is 0.264 e. The number of thiophene rings is 1. The molecule has 7 aromatic carbocycles. The molecule has 0 fully saturated rings. The molecule has 0 saturated heterocycles. The molecule has 8 aromatic rings. The molecular weight excluding hydrogens is 707 g/mol. The third-order valence-electron chi connectivity index (χ3n) is 12.3. The minimum atomic E-state index is -0.480. The summed E-state index contributed by atoms with van der Waals surface area (Å²) >= 11 is 1.89. The van der Waals surface area contributed by atoms with E-state index < -0.39 is 10.8 Å². The van der Waals surface area contributed by atoms with E-state index >= 15 is 0 Å². The molecule has 1 heterocycles. The van der Waals surface area contributed by atoms with Gasteiger partial charge in [-0.1, -0.05) is 176 Å². The second-order valence-corrected chi connectivity index (χ2v) is 16.3. The quantitative estimate of drug-likeness (QED) is 0.137. The highest BCUT2D eigenvalue weighted by Gasteiger charge is 2.53. The number of rotatable bonds is 8. The third-order valence-corrected chi connectivity index (χ3v) is 13.6. The van der Waals surface area contributed by atoms with Crippen LogP contribution in [0.2, 0.25) is 0 Å². The fraction of sp³-hybridized carbons (Fsp3) is 0.0727. The Balaban J connectivity index is 1.16. The van der Waals surface area contributed by atoms with Crippen LogP contribution in [0.25, 0.3) is 62.0 Å². The Morgan fingerprint density at radius 2 is 1.32 bits per heavy atom. The molecule has 1 unspecified atom stereocenters. The lowest BCUT2D eigenvalue weighted by Gasteiger charge is -2.30. The van der Waals surface area contributed by atoms with Gasteiger partial charge in [-0.25, -0.2) is 0 Å². The van der Waals surface area contributed by atoms with Gasteiger partial charge in [0.15, 0.2) is 0 Å². The van der Waals surface area contributed by atoms with E-state index in [9.17, 15) is 0 Å². The van der Waals surface area contributed by atoms with Crippen molar-refractivity contribution in [3.8, 4) is 33.4 Å². The van der Waals surface area contributed by atoms with E-state index in [1.807, 2.05) is 17.4 Å². The first-order valence-electron chi connectivity index (χ1n) is 19.6. The van der Waals surface area contributed by atoms with Gasteiger partial charge in [-0.2, -0.15) is 0 Å². The average Bonchev–Trinajstić information content (AvgIpc) is 3.89. The summed E-state index contributed by atoms with van der Waals surface area (Å²) in [4.78, 5) is 7.31. The van der Waals surface area contributed by atoms with E-state index in [4.69, 9.17) is 4.99 Å². The topological polar surface area (TPSA) is 12.4 Å². The summed E-state index contributed by atoms with van der Waals surface area (Å²) < 4.78 is 0. The molecule has 10 rings (SSSR count). The van der Waals surface area contributed by atoms with Crippen LogP contribution in [0.1, 0.15) is 62.5 Å². The molecule has 0 amide bonds. The predicted molar refractivity (Wildman–Crippen MR) is 245 cm³/mol. The van der Waals surface area contributed by atoms with Crippen LogP contribution in [0.4, 0.5) is 0 Å². The second kappa shape index (κ2) is 13.5. The summed E-state index contributed by atoms with van der Waals surface area (Å²) in [7, 11) is 0. The van der Waals surface area contributed by atoms with E-state index in [-0.39, 0.29) is 0 Å². The molecule has 2 aliphatic rings. The highest BCUT2D eigenvalue weighted by Crippen LogP contribution is 2.66. The molecule has 1 aromatic heterocycles. The van der Waals surface area contributed by atoms with Crippen molar-refractivity contribution >= 4 is 46.7 Å². The van der Waals surface area contributed by atoms with Gasteiger partial charge < -0.3 is 0 Å². The summed E-state index contributed by atoms with van der Waals surface area (Å²) in [5.74, 6) is 0. The van der Waals surface area contributed by atoms with Gasteiger partial charge >= 0.3 is 0 Å². The summed E-state index contributed by atoms with van der Waals surface area (Å²) in [5.41, 5.74) is 16.2. The van der Waals surface area contributed by atoms with Crippen molar-refractivity contribution in [1.82, 2.24) is 0 Å². The predicted octanol–water partition coefficient (Wildman–Crippen LogP) is 14.6. The number of hydrogen-bond donors (Lipinski definition) is 0. The smallest absolute Gasteiger partial charge is 0.0819 e. The van der Waals surface area contributed by atoms with Crippen LogP contribution in [-0.4, -0.2) is 6.72 Å². The Morgan fingerprint density at radius 3 is 2.05 bits per heavy atom. The van der Waals surface area contributed by atoms with Crippen molar-refractivity contribution in [3.05, 3.63) is 231 Å². The maximum absolute atomic E-state index is 4.73. The van der Waals surface area contributed by atoms with E-state index in [2.05, 4.69) is 209 Å². The molecule has 1 nitrogen and oxygen atoms in total. The first kappa shape index (κ1) is 34.8. The maximum atomic E-state index is 4.73. The van der Waals surface area contributed by atoms with Crippen LogP contribution in [-0.2, 0) is 10.8 Å². The number of nitrogens with zero attached hydrogens (tertiary/aromatic N) is 1. The number of fused-ring (bicyclic) bond motifs is 11. The van der Waals surface area contributed by atoms with Crippen LogP contribution in [0.15, 0.2) is 188 Å². The zero-order chi connectivity index (χ0) is 38.7.